The van der Waals surface area contributed by atoms with Gasteiger partial charge >= 0.3 is 5.97 Å². The molecule has 0 radical (unpaired) electrons. The van der Waals surface area contributed by atoms with Crippen LogP contribution in [0.3, 0.4) is 0 Å². The molecule has 21 heavy (non-hydrogen) atoms. The van der Waals surface area contributed by atoms with Gasteiger partial charge in [0.1, 0.15) is 6.04 Å². The van der Waals surface area contributed by atoms with Crippen LogP contribution in [-0.2, 0) is 22.6 Å². The van der Waals surface area contributed by atoms with E-state index in [0.717, 1.165) is 24.0 Å². The summed E-state index contributed by atoms with van der Waals surface area (Å²) in [5, 5.41) is 12.4. The Morgan fingerprint density at radius 2 is 1.95 bits per heavy atom. The van der Waals surface area contributed by atoms with Crippen molar-refractivity contribution in [3.05, 3.63) is 35.4 Å². The molecule has 1 atom stereocenters. The predicted octanol–water partition coefficient (Wildman–Crippen LogP) is 1.17. The van der Waals surface area contributed by atoms with Crippen molar-refractivity contribution >= 4 is 11.9 Å². The van der Waals surface area contributed by atoms with E-state index >= 15 is 0 Å². The zero-order valence-electron chi connectivity index (χ0n) is 11.9. The Bertz CT molecular complexity index is 554. The van der Waals surface area contributed by atoms with Gasteiger partial charge in [0.2, 0.25) is 5.91 Å². The Morgan fingerprint density at radius 1 is 1.24 bits per heavy atom. The number of hydrogen-bond donors (Lipinski definition) is 2. The molecule has 0 aromatic heterocycles. The van der Waals surface area contributed by atoms with Crippen molar-refractivity contribution in [1.82, 2.24) is 10.2 Å². The third-order valence-corrected chi connectivity index (χ3v) is 4.20. The van der Waals surface area contributed by atoms with E-state index in [1.165, 1.54) is 0 Å². The molecule has 0 saturated heterocycles. The van der Waals surface area contributed by atoms with Gasteiger partial charge in [-0.2, -0.15) is 0 Å². The summed E-state index contributed by atoms with van der Waals surface area (Å²) in [5.74, 6) is -0.785. The molecule has 1 aliphatic carbocycles. The first-order valence-corrected chi connectivity index (χ1v) is 7.46. The number of hydrogen-bond acceptors (Lipinski definition) is 3. The minimum absolute atomic E-state index is 0.0282. The summed E-state index contributed by atoms with van der Waals surface area (Å²) < 4.78 is 0. The van der Waals surface area contributed by atoms with E-state index in [-0.39, 0.29) is 5.91 Å². The van der Waals surface area contributed by atoms with Gasteiger partial charge in [-0.3, -0.25) is 14.5 Å². The Labute approximate surface area is 123 Å². The van der Waals surface area contributed by atoms with Crippen LogP contribution in [0.15, 0.2) is 24.3 Å². The molecule has 1 heterocycles. The molecule has 1 saturated carbocycles. The number of carboxylic acid groups (broad SMARTS) is 1. The summed E-state index contributed by atoms with van der Waals surface area (Å²) in [5.41, 5.74) is 2.26. The van der Waals surface area contributed by atoms with Crippen molar-refractivity contribution in [3.63, 3.8) is 0 Å². The summed E-state index contributed by atoms with van der Waals surface area (Å²) in [7, 11) is 0. The summed E-state index contributed by atoms with van der Waals surface area (Å²) in [6, 6.07) is 7.75. The second-order valence-electron chi connectivity index (χ2n) is 5.89. The van der Waals surface area contributed by atoms with Crippen molar-refractivity contribution in [2.24, 2.45) is 0 Å². The lowest BCUT2D eigenvalue weighted by Crippen LogP contribution is -2.46. The Kier molecular flexibility index (Phi) is 3.92. The minimum atomic E-state index is -0.813. The highest BCUT2D eigenvalue weighted by Crippen LogP contribution is 2.24. The van der Waals surface area contributed by atoms with Crippen LogP contribution < -0.4 is 5.32 Å². The summed E-state index contributed by atoms with van der Waals surface area (Å²) >= 11 is 0. The van der Waals surface area contributed by atoms with E-state index in [2.05, 4.69) is 5.32 Å². The lowest BCUT2D eigenvalue weighted by atomic mass is 9.94. The average molecular weight is 288 g/mol. The van der Waals surface area contributed by atoms with Gasteiger partial charge < -0.3 is 10.4 Å². The molecule has 0 unspecified atom stereocenters. The maximum absolute atomic E-state index is 11.8. The molecular weight excluding hydrogens is 268 g/mol. The number of nitrogens with one attached hydrogen (secondary N) is 1. The number of amides is 1. The second kappa shape index (κ2) is 5.85. The van der Waals surface area contributed by atoms with Crippen LogP contribution in [0, 0.1) is 0 Å². The molecule has 1 aromatic carbocycles. The standard InChI is InChI=1S/C16H20N2O3/c19-15(17-13-5-6-13)7-8-18-10-12-4-2-1-3-11(12)9-14(18)16(20)21/h1-4,13-14H,5-10H2,(H,17,19)(H,20,21)/t14-/m0/s1. The van der Waals surface area contributed by atoms with Gasteiger partial charge in [0.15, 0.2) is 0 Å². The topological polar surface area (TPSA) is 69.6 Å². The Balaban J connectivity index is 1.64. The maximum atomic E-state index is 11.8. The van der Waals surface area contributed by atoms with Crippen molar-refractivity contribution in [2.75, 3.05) is 6.54 Å². The van der Waals surface area contributed by atoms with E-state index in [1.807, 2.05) is 29.2 Å². The molecule has 5 heteroatoms. The van der Waals surface area contributed by atoms with Crippen LogP contribution in [-0.4, -0.2) is 40.5 Å². The number of carboxylic acids is 1. The zero-order valence-corrected chi connectivity index (χ0v) is 11.9. The third-order valence-electron chi connectivity index (χ3n) is 4.20. The zero-order chi connectivity index (χ0) is 14.8. The number of carbonyl (C=O) groups is 2. The highest BCUT2D eigenvalue weighted by atomic mass is 16.4. The first kappa shape index (κ1) is 14.1. The van der Waals surface area contributed by atoms with Crippen molar-refractivity contribution < 1.29 is 14.7 Å². The van der Waals surface area contributed by atoms with Gasteiger partial charge in [-0.15, -0.1) is 0 Å². The van der Waals surface area contributed by atoms with Gasteiger partial charge in [-0.25, -0.2) is 0 Å². The van der Waals surface area contributed by atoms with E-state index in [4.69, 9.17) is 0 Å². The van der Waals surface area contributed by atoms with Crippen LogP contribution >= 0.6 is 0 Å². The average Bonchev–Trinajstić information content (AvgIpc) is 3.28. The van der Waals surface area contributed by atoms with Crippen molar-refractivity contribution in [2.45, 2.75) is 44.3 Å². The molecule has 0 bridgehead atoms. The van der Waals surface area contributed by atoms with E-state index < -0.39 is 12.0 Å². The van der Waals surface area contributed by atoms with Crippen LogP contribution in [0.2, 0.25) is 0 Å². The summed E-state index contributed by atoms with van der Waals surface area (Å²) in [6.45, 7) is 1.09. The summed E-state index contributed by atoms with van der Waals surface area (Å²) in [4.78, 5) is 25.1. The Morgan fingerprint density at radius 3 is 2.62 bits per heavy atom. The summed E-state index contributed by atoms with van der Waals surface area (Å²) in [6.07, 6.45) is 3.01. The number of carbonyl (C=O) groups excluding carboxylic acids is 1. The fourth-order valence-corrected chi connectivity index (χ4v) is 2.83. The monoisotopic (exact) mass is 288 g/mol. The molecule has 2 aliphatic rings. The largest absolute Gasteiger partial charge is 0.480 e. The molecule has 0 spiro atoms. The maximum Gasteiger partial charge on any atom is 0.321 e. The smallest absolute Gasteiger partial charge is 0.321 e. The van der Waals surface area contributed by atoms with Gasteiger partial charge in [-0.05, 0) is 30.4 Å². The predicted molar refractivity (Wildman–Crippen MR) is 77.8 cm³/mol. The molecule has 112 valence electrons. The number of benzene rings is 1. The Hall–Kier alpha value is -1.88. The minimum Gasteiger partial charge on any atom is -0.480 e. The lowest BCUT2D eigenvalue weighted by Gasteiger charge is -2.34. The fraction of sp³-hybridized carbons (Fsp3) is 0.500. The van der Waals surface area contributed by atoms with Crippen LogP contribution in [0.5, 0.6) is 0 Å². The molecular formula is C16H20N2O3. The van der Waals surface area contributed by atoms with Gasteiger partial charge in [-0.1, -0.05) is 24.3 Å². The van der Waals surface area contributed by atoms with Crippen LogP contribution in [0.25, 0.3) is 0 Å². The SMILES string of the molecule is O=C(CCN1Cc2ccccc2C[C@H]1C(=O)O)NC1CC1. The number of rotatable bonds is 5. The van der Waals surface area contributed by atoms with Crippen LogP contribution in [0.4, 0.5) is 0 Å². The number of nitrogens with zero attached hydrogens (tertiary/aromatic N) is 1. The molecule has 3 rings (SSSR count). The fourth-order valence-electron chi connectivity index (χ4n) is 2.83. The van der Waals surface area contributed by atoms with Crippen molar-refractivity contribution in [1.29, 1.82) is 0 Å². The molecule has 1 fully saturated rings. The first-order valence-electron chi connectivity index (χ1n) is 7.46. The van der Waals surface area contributed by atoms with E-state index in [9.17, 15) is 14.7 Å². The van der Waals surface area contributed by atoms with E-state index in [0.29, 0.717) is 32.0 Å². The molecule has 1 amide bonds. The highest BCUT2D eigenvalue weighted by molar-refractivity contribution is 5.77. The lowest BCUT2D eigenvalue weighted by molar-refractivity contribution is -0.144. The van der Waals surface area contributed by atoms with Gasteiger partial charge in [0.05, 0.1) is 0 Å². The molecule has 2 N–H and O–H groups in total. The molecule has 1 aromatic rings. The van der Waals surface area contributed by atoms with E-state index in [1.54, 1.807) is 0 Å². The normalized spacial score (nSPS) is 21.6. The highest BCUT2D eigenvalue weighted by Gasteiger charge is 2.31. The molecule has 1 aliphatic heterocycles. The molecule has 5 nitrogen and oxygen atoms in total. The van der Waals surface area contributed by atoms with Crippen LogP contribution in [0.1, 0.15) is 30.4 Å². The third kappa shape index (κ3) is 3.42. The second-order valence-corrected chi connectivity index (χ2v) is 5.89. The van der Waals surface area contributed by atoms with Crippen molar-refractivity contribution in [3.8, 4) is 0 Å². The first-order chi connectivity index (χ1) is 10.1. The quantitative estimate of drug-likeness (QED) is 0.853. The van der Waals surface area contributed by atoms with Gasteiger partial charge in [0, 0.05) is 25.6 Å². The number of fused-ring (bicyclic) bond motifs is 1. The van der Waals surface area contributed by atoms with Gasteiger partial charge in [0.25, 0.3) is 0 Å². The number of aliphatic carboxylic acids is 1.